The van der Waals surface area contributed by atoms with Crippen LogP contribution in [-0.2, 0) is 6.42 Å². The zero-order valence-electron chi connectivity index (χ0n) is 10.8. The van der Waals surface area contributed by atoms with Crippen molar-refractivity contribution in [3.8, 4) is 0 Å². The smallest absolute Gasteiger partial charge is 0.123 e. The Morgan fingerprint density at radius 1 is 1.24 bits per heavy atom. The molecule has 0 amide bonds. The number of rotatable bonds is 7. The minimum absolute atomic E-state index is 0.165. The van der Waals surface area contributed by atoms with Gasteiger partial charge in [-0.05, 0) is 63.5 Å². The van der Waals surface area contributed by atoms with Crippen LogP contribution in [0.25, 0.3) is 0 Å². The summed E-state index contributed by atoms with van der Waals surface area (Å²) in [5.41, 5.74) is 1.20. The normalized spacial score (nSPS) is 12.7. The van der Waals surface area contributed by atoms with Crippen LogP contribution in [0.2, 0.25) is 0 Å². The Morgan fingerprint density at radius 3 is 2.41 bits per heavy atom. The lowest BCUT2D eigenvalue weighted by Crippen LogP contribution is -2.16. The van der Waals surface area contributed by atoms with Crippen molar-refractivity contribution in [2.24, 2.45) is 5.92 Å². The van der Waals surface area contributed by atoms with Gasteiger partial charge in [-0.25, -0.2) is 4.39 Å². The van der Waals surface area contributed by atoms with E-state index in [1.807, 2.05) is 18.2 Å². The first-order valence-electron chi connectivity index (χ1n) is 6.13. The Hall–Kier alpha value is -1.15. The van der Waals surface area contributed by atoms with E-state index < -0.39 is 0 Å². The van der Waals surface area contributed by atoms with E-state index in [4.69, 9.17) is 0 Å². The van der Waals surface area contributed by atoms with Crippen molar-refractivity contribution in [2.45, 2.75) is 19.3 Å². The van der Waals surface area contributed by atoms with Crippen LogP contribution in [0.4, 0.5) is 4.39 Å². The Kier molecular flexibility index (Phi) is 5.92. The largest absolute Gasteiger partial charge is 0.309 e. The molecule has 0 N–H and O–H groups in total. The van der Waals surface area contributed by atoms with Crippen LogP contribution in [0.15, 0.2) is 36.9 Å². The molecule has 1 nitrogen and oxygen atoms in total. The van der Waals surface area contributed by atoms with Crippen molar-refractivity contribution < 1.29 is 4.39 Å². The number of aryl methyl sites for hydroxylation is 1. The van der Waals surface area contributed by atoms with Crippen LogP contribution in [0.5, 0.6) is 0 Å². The molecule has 0 saturated carbocycles. The molecule has 0 saturated heterocycles. The second-order valence-corrected chi connectivity index (χ2v) is 4.75. The first-order valence-corrected chi connectivity index (χ1v) is 6.13. The van der Waals surface area contributed by atoms with Gasteiger partial charge in [0.15, 0.2) is 0 Å². The molecular formula is C15H22FN. The van der Waals surface area contributed by atoms with Gasteiger partial charge >= 0.3 is 0 Å². The van der Waals surface area contributed by atoms with Crippen LogP contribution in [-0.4, -0.2) is 25.5 Å². The number of nitrogens with zero attached hydrogens (tertiary/aromatic N) is 1. The minimum atomic E-state index is -0.165. The third-order valence-corrected chi connectivity index (χ3v) is 3.00. The molecule has 1 aromatic carbocycles. The van der Waals surface area contributed by atoms with Gasteiger partial charge in [0.2, 0.25) is 0 Å². The monoisotopic (exact) mass is 235 g/mol. The van der Waals surface area contributed by atoms with Gasteiger partial charge in [0.25, 0.3) is 0 Å². The molecule has 17 heavy (non-hydrogen) atoms. The molecule has 0 aromatic heterocycles. The summed E-state index contributed by atoms with van der Waals surface area (Å²) in [6.45, 7) is 4.97. The quantitative estimate of drug-likeness (QED) is 0.654. The van der Waals surface area contributed by atoms with E-state index in [2.05, 4.69) is 25.6 Å². The fourth-order valence-corrected chi connectivity index (χ4v) is 1.81. The van der Waals surface area contributed by atoms with E-state index in [9.17, 15) is 4.39 Å². The van der Waals surface area contributed by atoms with Crippen molar-refractivity contribution >= 4 is 0 Å². The van der Waals surface area contributed by atoms with Gasteiger partial charge in [0.1, 0.15) is 5.82 Å². The van der Waals surface area contributed by atoms with Crippen LogP contribution < -0.4 is 0 Å². The highest BCUT2D eigenvalue weighted by Crippen LogP contribution is 2.15. The van der Waals surface area contributed by atoms with E-state index in [1.165, 1.54) is 17.7 Å². The summed E-state index contributed by atoms with van der Waals surface area (Å²) in [6.07, 6.45) is 5.25. The molecule has 0 aliphatic heterocycles. The van der Waals surface area contributed by atoms with Crippen molar-refractivity contribution in [2.75, 3.05) is 20.6 Å². The molecule has 0 bridgehead atoms. The highest BCUT2D eigenvalue weighted by atomic mass is 19.1. The van der Waals surface area contributed by atoms with Crippen LogP contribution in [0.3, 0.4) is 0 Å². The first-order chi connectivity index (χ1) is 8.11. The molecule has 0 radical (unpaired) electrons. The predicted molar refractivity (Wildman–Crippen MR) is 71.6 cm³/mol. The van der Waals surface area contributed by atoms with Crippen LogP contribution >= 0.6 is 0 Å². The maximum Gasteiger partial charge on any atom is 0.123 e. The average molecular weight is 235 g/mol. The zero-order chi connectivity index (χ0) is 12.7. The first kappa shape index (κ1) is 13.9. The van der Waals surface area contributed by atoms with E-state index in [-0.39, 0.29) is 5.82 Å². The Bertz CT molecular complexity index is 329. The van der Waals surface area contributed by atoms with E-state index in [0.717, 1.165) is 25.8 Å². The number of hydrogen-bond donors (Lipinski definition) is 0. The zero-order valence-corrected chi connectivity index (χ0v) is 10.8. The third kappa shape index (κ3) is 5.64. The van der Waals surface area contributed by atoms with Crippen molar-refractivity contribution in [3.63, 3.8) is 0 Å². The summed E-state index contributed by atoms with van der Waals surface area (Å²) in [6, 6.07) is 6.78. The molecule has 0 aliphatic rings. The highest BCUT2D eigenvalue weighted by Gasteiger charge is 2.05. The van der Waals surface area contributed by atoms with Crippen molar-refractivity contribution in [1.82, 2.24) is 4.90 Å². The van der Waals surface area contributed by atoms with Gasteiger partial charge in [-0.2, -0.15) is 0 Å². The van der Waals surface area contributed by atoms with Gasteiger partial charge in [-0.3, -0.25) is 0 Å². The Balaban J connectivity index is 2.36. The number of hydrogen-bond acceptors (Lipinski definition) is 1. The lowest BCUT2D eigenvalue weighted by atomic mass is 9.96. The number of allylic oxidation sites excluding steroid dienone is 1. The van der Waals surface area contributed by atoms with E-state index >= 15 is 0 Å². The predicted octanol–water partition coefficient (Wildman–Crippen LogP) is 3.51. The van der Waals surface area contributed by atoms with E-state index in [1.54, 1.807) is 0 Å². The fraction of sp³-hybridized carbons (Fsp3) is 0.467. The summed E-state index contributed by atoms with van der Waals surface area (Å²) < 4.78 is 12.7. The van der Waals surface area contributed by atoms with Gasteiger partial charge in [0, 0.05) is 0 Å². The molecule has 1 atom stereocenters. The summed E-state index contributed by atoms with van der Waals surface area (Å²) in [4.78, 5) is 2.19. The molecule has 0 spiro atoms. The average Bonchev–Trinajstić information content (AvgIpc) is 2.31. The number of halogens is 1. The number of benzene rings is 1. The molecular weight excluding hydrogens is 213 g/mol. The summed E-state index contributed by atoms with van der Waals surface area (Å²) in [7, 11) is 4.17. The molecule has 1 aromatic rings. The van der Waals surface area contributed by atoms with Gasteiger partial charge in [0.05, 0.1) is 0 Å². The van der Waals surface area contributed by atoms with Gasteiger partial charge < -0.3 is 4.90 Å². The minimum Gasteiger partial charge on any atom is -0.309 e. The molecule has 0 heterocycles. The topological polar surface area (TPSA) is 3.24 Å². The van der Waals surface area contributed by atoms with Crippen molar-refractivity contribution in [1.29, 1.82) is 0 Å². The lowest BCUT2D eigenvalue weighted by molar-refractivity contribution is 0.366. The summed E-state index contributed by atoms with van der Waals surface area (Å²) >= 11 is 0. The van der Waals surface area contributed by atoms with Gasteiger partial charge in [-0.15, -0.1) is 6.58 Å². The molecule has 0 aliphatic carbocycles. The lowest BCUT2D eigenvalue weighted by Gasteiger charge is -2.15. The molecule has 94 valence electrons. The van der Waals surface area contributed by atoms with Crippen molar-refractivity contribution in [3.05, 3.63) is 48.3 Å². The maximum absolute atomic E-state index is 12.7. The van der Waals surface area contributed by atoms with Crippen LogP contribution in [0.1, 0.15) is 18.4 Å². The second kappa shape index (κ2) is 7.23. The SMILES string of the molecule is C=C[C@@H](CCc1ccc(F)cc1)CCN(C)C. The van der Waals surface area contributed by atoms with Crippen LogP contribution in [0, 0.1) is 11.7 Å². The molecule has 0 fully saturated rings. The second-order valence-electron chi connectivity index (χ2n) is 4.75. The van der Waals surface area contributed by atoms with E-state index in [0.29, 0.717) is 5.92 Å². The standard InChI is InChI=1S/C15H22FN/c1-4-13(11-12-17(2)3)5-6-14-7-9-15(16)10-8-14/h4,7-10,13H,1,5-6,11-12H2,2-3H3/t13-/m0/s1. The Morgan fingerprint density at radius 2 is 1.88 bits per heavy atom. The molecule has 1 rings (SSSR count). The summed E-state index contributed by atoms with van der Waals surface area (Å²) in [5.74, 6) is 0.379. The Labute approximate surface area is 104 Å². The summed E-state index contributed by atoms with van der Waals surface area (Å²) in [5, 5.41) is 0. The molecule has 0 unspecified atom stereocenters. The molecule has 2 heteroatoms. The van der Waals surface area contributed by atoms with Gasteiger partial charge in [-0.1, -0.05) is 18.2 Å². The fourth-order valence-electron chi connectivity index (χ4n) is 1.81. The maximum atomic E-state index is 12.7. The highest BCUT2D eigenvalue weighted by molar-refractivity contribution is 5.16. The third-order valence-electron chi connectivity index (χ3n) is 3.00.